The summed E-state index contributed by atoms with van der Waals surface area (Å²) in [6.45, 7) is 4.87. The molecule has 1 fully saturated rings. The van der Waals surface area contributed by atoms with Gasteiger partial charge >= 0.3 is 12.0 Å². The number of hydrogen-bond donors (Lipinski definition) is 2. The van der Waals surface area contributed by atoms with Crippen LogP contribution in [0.3, 0.4) is 0 Å². The predicted octanol–water partition coefficient (Wildman–Crippen LogP) is 4.35. The highest BCUT2D eigenvalue weighted by Gasteiger charge is 2.18. The second kappa shape index (κ2) is 11.0. The number of rotatable bonds is 6. The molecule has 1 saturated heterocycles. The summed E-state index contributed by atoms with van der Waals surface area (Å²) < 4.78 is 10.5. The molecule has 0 radical (unpaired) electrons. The molecular weight excluding hydrogens is 472 g/mol. The van der Waals surface area contributed by atoms with Gasteiger partial charge in [-0.15, -0.1) is 0 Å². The second-order valence-corrected chi connectivity index (χ2v) is 8.30. The highest BCUT2D eigenvalue weighted by molar-refractivity contribution is 6.00. The molecule has 1 aliphatic heterocycles. The summed E-state index contributed by atoms with van der Waals surface area (Å²) in [6, 6.07) is 17.3. The number of morpholine rings is 1. The first-order valence-corrected chi connectivity index (χ1v) is 12.0. The molecule has 2 aromatic carbocycles. The molecule has 2 N–H and O–H groups in total. The number of nitrogens with one attached hydrogen (secondary N) is 2. The molecule has 2 aromatic heterocycles. The molecule has 3 heterocycles. The van der Waals surface area contributed by atoms with Crippen LogP contribution in [0.5, 0.6) is 0 Å². The lowest BCUT2D eigenvalue weighted by molar-refractivity contribution is 0.0526. The third-order valence-electron chi connectivity index (χ3n) is 5.82. The number of fused-ring (bicyclic) bond motifs is 1. The predicted molar refractivity (Wildman–Crippen MR) is 141 cm³/mol. The number of benzene rings is 2. The van der Waals surface area contributed by atoms with E-state index in [0.717, 1.165) is 29.9 Å². The molecule has 5 rings (SSSR count). The first-order chi connectivity index (χ1) is 18.1. The van der Waals surface area contributed by atoms with E-state index in [2.05, 4.69) is 25.5 Å². The van der Waals surface area contributed by atoms with Crippen LogP contribution in [0.25, 0.3) is 22.4 Å². The Morgan fingerprint density at radius 1 is 0.946 bits per heavy atom. The highest BCUT2D eigenvalue weighted by Crippen LogP contribution is 2.27. The van der Waals surface area contributed by atoms with Crippen molar-refractivity contribution in [2.75, 3.05) is 48.4 Å². The van der Waals surface area contributed by atoms with Crippen molar-refractivity contribution in [2.24, 2.45) is 0 Å². The minimum atomic E-state index is -0.405. The van der Waals surface area contributed by atoms with Crippen LogP contribution in [-0.2, 0) is 9.47 Å². The van der Waals surface area contributed by atoms with Crippen LogP contribution in [0, 0.1) is 0 Å². The molecule has 37 heavy (non-hydrogen) atoms. The lowest BCUT2D eigenvalue weighted by atomic mass is 10.2. The normalized spacial score (nSPS) is 13.3. The minimum Gasteiger partial charge on any atom is -0.462 e. The summed E-state index contributed by atoms with van der Waals surface area (Å²) in [5, 5.41) is 6.45. The van der Waals surface area contributed by atoms with E-state index in [1.54, 1.807) is 49.5 Å². The van der Waals surface area contributed by atoms with Gasteiger partial charge in [-0.05, 0) is 67.6 Å². The third kappa shape index (κ3) is 5.65. The monoisotopic (exact) mass is 498 g/mol. The van der Waals surface area contributed by atoms with Crippen LogP contribution in [0.1, 0.15) is 17.3 Å². The molecule has 4 aromatic rings. The van der Waals surface area contributed by atoms with Crippen molar-refractivity contribution in [2.45, 2.75) is 6.92 Å². The number of amides is 2. The van der Waals surface area contributed by atoms with E-state index in [-0.39, 0.29) is 0 Å². The Hall–Kier alpha value is -4.57. The van der Waals surface area contributed by atoms with Crippen LogP contribution in [0.2, 0.25) is 0 Å². The Bertz CT molecular complexity index is 1400. The van der Waals surface area contributed by atoms with E-state index in [4.69, 9.17) is 14.5 Å². The molecule has 0 aliphatic carbocycles. The van der Waals surface area contributed by atoms with Crippen molar-refractivity contribution >= 4 is 40.2 Å². The van der Waals surface area contributed by atoms with Crippen LogP contribution in [0.4, 0.5) is 22.0 Å². The summed E-state index contributed by atoms with van der Waals surface area (Å²) in [4.78, 5) is 40.4. The van der Waals surface area contributed by atoms with E-state index in [9.17, 15) is 9.59 Å². The van der Waals surface area contributed by atoms with Crippen molar-refractivity contribution in [3.05, 3.63) is 72.4 Å². The maximum atomic E-state index is 12.5. The summed E-state index contributed by atoms with van der Waals surface area (Å²) in [7, 11) is 0. The van der Waals surface area contributed by atoms with Gasteiger partial charge in [0.15, 0.2) is 11.5 Å². The Labute approximate surface area is 213 Å². The second-order valence-electron chi connectivity index (χ2n) is 8.30. The first kappa shape index (κ1) is 24.1. The molecule has 1 aliphatic rings. The van der Waals surface area contributed by atoms with Gasteiger partial charge < -0.3 is 25.0 Å². The molecule has 0 spiro atoms. The number of carbonyl (C=O) groups is 2. The minimum absolute atomic E-state index is 0.305. The lowest BCUT2D eigenvalue weighted by Gasteiger charge is -2.28. The van der Waals surface area contributed by atoms with Crippen molar-refractivity contribution < 1.29 is 19.1 Å². The fourth-order valence-corrected chi connectivity index (χ4v) is 3.99. The number of carbonyl (C=O) groups excluding carboxylic acids is 2. The van der Waals surface area contributed by atoms with Crippen LogP contribution < -0.4 is 15.5 Å². The van der Waals surface area contributed by atoms with Gasteiger partial charge in [0, 0.05) is 36.2 Å². The van der Waals surface area contributed by atoms with Gasteiger partial charge in [-0.2, -0.15) is 0 Å². The van der Waals surface area contributed by atoms with Gasteiger partial charge in [0.05, 0.1) is 30.8 Å². The first-order valence-electron chi connectivity index (χ1n) is 12.0. The van der Waals surface area contributed by atoms with Crippen LogP contribution in [0.15, 0.2) is 66.9 Å². The van der Waals surface area contributed by atoms with Gasteiger partial charge in [0.2, 0.25) is 0 Å². The third-order valence-corrected chi connectivity index (χ3v) is 5.82. The SMILES string of the molecule is CCOC(=O)c1ccc(NC(=O)Nc2ccc(-c3nc(N4CCOCC4)c4cccnc4n3)cc2)cc1. The molecule has 188 valence electrons. The molecule has 10 heteroatoms. The van der Waals surface area contributed by atoms with Gasteiger partial charge in [-0.3, -0.25) is 0 Å². The number of pyridine rings is 1. The average molecular weight is 499 g/mol. The summed E-state index contributed by atoms with van der Waals surface area (Å²) >= 11 is 0. The van der Waals surface area contributed by atoms with Gasteiger partial charge in [0.25, 0.3) is 0 Å². The molecular formula is C27H26N6O4. The number of urea groups is 1. The zero-order valence-corrected chi connectivity index (χ0v) is 20.3. The fraction of sp³-hybridized carbons (Fsp3) is 0.222. The zero-order chi connectivity index (χ0) is 25.6. The topological polar surface area (TPSA) is 119 Å². The van der Waals surface area contributed by atoms with Gasteiger partial charge in [-0.25, -0.2) is 24.5 Å². The molecule has 0 atom stereocenters. The fourth-order valence-electron chi connectivity index (χ4n) is 3.99. The van der Waals surface area contributed by atoms with Gasteiger partial charge in [-0.1, -0.05) is 0 Å². The van der Waals surface area contributed by atoms with E-state index in [1.807, 2.05) is 24.3 Å². The smallest absolute Gasteiger partial charge is 0.338 e. The van der Waals surface area contributed by atoms with Crippen molar-refractivity contribution in [1.29, 1.82) is 0 Å². The van der Waals surface area contributed by atoms with Crippen molar-refractivity contribution in [3.8, 4) is 11.4 Å². The molecule has 0 saturated carbocycles. The number of anilines is 3. The summed E-state index contributed by atoms with van der Waals surface area (Å²) in [5.74, 6) is 0.999. The van der Waals surface area contributed by atoms with E-state index >= 15 is 0 Å². The zero-order valence-electron chi connectivity index (χ0n) is 20.3. The number of hydrogen-bond acceptors (Lipinski definition) is 8. The lowest BCUT2D eigenvalue weighted by Crippen LogP contribution is -2.37. The maximum absolute atomic E-state index is 12.5. The quantitative estimate of drug-likeness (QED) is 0.377. The Morgan fingerprint density at radius 3 is 2.30 bits per heavy atom. The number of nitrogens with zero attached hydrogens (tertiary/aromatic N) is 4. The van der Waals surface area contributed by atoms with Crippen molar-refractivity contribution in [1.82, 2.24) is 15.0 Å². The average Bonchev–Trinajstić information content (AvgIpc) is 2.94. The van der Waals surface area contributed by atoms with E-state index in [0.29, 0.717) is 48.2 Å². The number of ether oxygens (including phenoxy) is 2. The number of esters is 1. The summed E-state index contributed by atoms with van der Waals surface area (Å²) in [5.41, 5.74) is 3.02. The van der Waals surface area contributed by atoms with Gasteiger partial charge in [0.1, 0.15) is 5.82 Å². The standard InChI is InChI=1S/C27H26N6O4/c1-2-37-26(34)19-7-11-21(12-8-19)30-27(35)29-20-9-5-18(6-10-20)23-31-24-22(4-3-13-28-24)25(32-23)33-14-16-36-17-15-33/h3-13H,2,14-17H2,1H3,(H2,29,30,35). The number of aromatic nitrogens is 3. The molecule has 10 nitrogen and oxygen atoms in total. The largest absolute Gasteiger partial charge is 0.462 e. The Kier molecular flexibility index (Phi) is 7.18. The molecule has 0 bridgehead atoms. The maximum Gasteiger partial charge on any atom is 0.338 e. The van der Waals surface area contributed by atoms with Crippen LogP contribution in [-0.4, -0.2) is 59.9 Å². The molecule has 0 unspecified atom stereocenters. The van der Waals surface area contributed by atoms with Crippen LogP contribution >= 0.6 is 0 Å². The van der Waals surface area contributed by atoms with E-state index in [1.165, 1.54) is 0 Å². The summed E-state index contributed by atoms with van der Waals surface area (Å²) in [6.07, 6.45) is 1.72. The Morgan fingerprint density at radius 2 is 1.62 bits per heavy atom. The molecule has 2 amide bonds. The Balaban J connectivity index is 1.29. The van der Waals surface area contributed by atoms with Crippen molar-refractivity contribution in [3.63, 3.8) is 0 Å². The highest BCUT2D eigenvalue weighted by atomic mass is 16.5. The van der Waals surface area contributed by atoms with E-state index < -0.39 is 12.0 Å².